The normalized spacial score (nSPS) is 12.4. The minimum absolute atomic E-state index is 0.195. The second-order valence-electron chi connectivity index (χ2n) is 4.67. The summed E-state index contributed by atoms with van der Waals surface area (Å²) in [5, 5.41) is 3.57. The zero-order valence-corrected chi connectivity index (χ0v) is 11.8. The Hall–Kier alpha value is -1.38. The van der Waals surface area contributed by atoms with E-state index in [1.165, 1.54) is 17.2 Å². The van der Waals surface area contributed by atoms with E-state index in [1.807, 2.05) is 18.2 Å². The largest absolute Gasteiger partial charge is 0.306 e. The van der Waals surface area contributed by atoms with E-state index in [1.54, 1.807) is 6.07 Å². The molecule has 0 bridgehead atoms. The van der Waals surface area contributed by atoms with Gasteiger partial charge in [-0.15, -0.1) is 0 Å². The summed E-state index contributed by atoms with van der Waals surface area (Å²) >= 11 is 5.94. The molecule has 0 spiro atoms. The van der Waals surface area contributed by atoms with Crippen LogP contribution in [0.5, 0.6) is 0 Å². The molecule has 2 aromatic carbocycles. The first-order valence-electron chi connectivity index (χ1n) is 6.31. The molecule has 0 saturated carbocycles. The third-order valence-corrected chi connectivity index (χ3v) is 3.71. The molecule has 1 atom stereocenters. The number of rotatable bonds is 4. The first-order chi connectivity index (χ1) is 9.09. The molecule has 0 amide bonds. The van der Waals surface area contributed by atoms with Crippen LogP contribution in [-0.2, 0) is 6.54 Å². The third kappa shape index (κ3) is 3.34. The fraction of sp³-hybridized carbons (Fsp3) is 0.250. The maximum atomic E-state index is 13.3. The average molecular weight is 278 g/mol. The monoisotopic (exact) mass is 277 g/mol. The van der Waals surface area contributed by atoms with Crippen molar-refractivity contribution in [3.05, 3.63) is 70.0 Å². The quantitative estimate of drug-likeness (QED) is 0.858. The summed E-state index contributed by atoms with van der Waals surface area (Å²) in [6.07, 6.45) is 0. The maximum Gasteiger partial charge on any atom is 0.142 e. The molecule has 3 heteroatoms. The molecule has 0 aromatic heterocycles. The van der Waals surface area contributed by atoms with Gasteiger partial charge in [0.05, 0.1) is 5.02 Å². The summed E-state index contributed by atoms with van der Waals surface area (Å²) in [6, 6.07) is 13.3. The minimum Gasteiger partial charge on any atom is -0.306 e. The van der Waals surface area contributed by atoms with E-state index in [0.717, 1.165) is 5.56 Å². The zero-order valence-electron chi connectivity index (χ0n) is 11.1. The molecule has 100 valence electrons. The Kier molecular flexibility index (Phi) is 4.56. The van der Waals surface area contributed by atoms with Crippen LogP contribution in [-0.4, -0.2) is 0 Å². The molecular formula is C16H17ClFN. The van der Waals surface area contributed by atoms with Crippen molar-refractivity contribution in [3.63, 3.8) is 0 Å². The molecule has 1 unspecified atom stereocenters. The molecule has 0 radical (unpaired) electrons. The smallest absolute Gasteiger partial charge is 0.142 e. The van der Waals surface area contributed by atoms with Crippen LogP contribution in [0, 0.1) is 12.7 Å². The van der Waals surface area contributed by atoms with Crippen molar-refractivity contribution in [2.45, 2.75) is 26.4 Å². The fourth-order valence-electron chi connectivity index (χ4n) is 2.13. The van der Waals surface area contributed by atoms with Crippen LogP contribution in [0.2, 0.25) is 5.02 Å². The van der Waals surface area contributed by atoms with Crippen molar-refractivity contribution in [1.29, 1.82) is 0 Å². The lowest BCUT2D eigenvalue weighted by Crippen LogP contribution is -2.19. The summed E-state index contributed by atoms with van der Waals surface area (Å²) in [6.45, 7) is 4.73. The number of aryl methyl sites for hydroxylation is 1. The number of hydrogen-bond acceptors (Lipinski definition) is 1. The number of benzene rings is 2. The van der Waals surface area contributed by atoms with Crippen LogP contribution in [0.15, 0.2) is 42.5 Å². The van der Waals surface area contributed by atoms with Crippen LogP contribution in [0.4, 0.5) is 4.39 Å². The van der Waals surface area contributed by atoms with Gasteiger partial charge in [-0.05, 0) is 36.6 Å². The maximum absolute atomic E-state index is 13.3. The highest BCUT2D eigenvalue weighted by molar-refractivity contribution is 6.31. The van der Waals surface area contributed by atoms with E-state index in [2.05, 4.69) is 31.3 Å². The molecule has 0 aliphatic rings. The summed E-state index contributed by atoms with van der Waals surface area (Å²) in [5.41, 5.74) is 3.27. The van der Waals surface area contributed by atoms with Crippen LogP contribution < -0.4 is 5.32 Å². The van der Waals surface area contributed by atoms with E-state index < -0.39 is 0 Å². The zero-order chi connectivity index (χ0) is 13.8. The van der Waals surface area contributed by atoms with Crippen LogP contribution in [0.3, 0.4) is 0 Å². The number of hydrogen-bond donors (Lipinski definition) is 1. The first kappa shape index (κ1) is 14.0. The third-order valence-electron chi connectivity index (χ3n) is 3.29. The number of halogens is 2. The van der Waals surface area contributed by atoms with E-state index in [-0.39, 0.29) is 16.9 Å². The molecule has 2 aromatic rings. The van der Waals surface area contributed by atoms with Gasteiger partial charge in [0.15, 0.2) is 0 Å². The topological polar surface area (TPSA) is 12.0 Å². The van der Waals surface area contributed by atoms with Gasteiger partial charge >= 0.3 is 0 Å². The van der Waals surface area contributed by atoms with Gasteiger partial charge in [-0.2, -0.15) is 0 Å². The molecule has 0 heterocycles. The van der Waals surface area contributed by atoms with E-state index in [9.17, 15) is 4.39 Å². The lowest BCUT2D eigenvalue weighted by atomic mass is 10.0. The average Bonchev–Trinajstić information content (AvgIpc) is 2.40. The SMILES string of the molecule is Cc1ccccc1C(C)NCc1cccc(F)c1Cl. The van der Waals surface area contributed by atoms with Crippen molar-refractivity contribution in [1.82, 2.24) is 5.32 Å². The Bertz CT molecular complexity index is 568. The Morgan fingerprint density at radius 2 is 1.89 bits per heavy atom. The van der Waals surface area contributed by atoms with Crippen LogP contribution >= 0.6 is 11.6 Å². The molecule has 1 nitrogen and oxygen atoms in total. The molecule has 2 rings (SSSR count). The Morgan fingerprint density at radius 1 is 1.16 bits per heavy atom. The summed E-state index contributed by atoms with van der Waals surface area (Å²) in [4.78, 5) is 0. The van der Waals surface area contributed by atoms with Gasteiger partial charge in [0.25, 0.3) is 0 Å². The summed E-state index contributed by atoms with van der Waals surface area (Å²) in [5.74, 6) is -0.371. The van der Waals surface area contributed by atoms with Crippen LogP contribution in [0.25, 0.3) is 0 Å². The van der Waals surface area contributed by atoms with Gasteiger partial charge in [-0.25, -0.2) is 4.39 Å². The Labute approximate surface area is 118 Å². The minimum atomic E-state index is -0.371. The fourth-order valence-corrected chi connectivity index (χ4v) is 2.32. The van der Waals surface area contributed by atoms with Gasteiger partial charge < -0.3 is 5.32 Å². The molecular weight excluding hydrogens is 261 g/mol. The standard InChI is InChI=1S/C16H17ClFN/c1-11-6-3-4-8-14(11)12(2)19-10-13-7-5-9-15(18)16(13)17/h3-9,12,19H,10H2,1-2H3. The van der Waals surface area contributed by atoms with Gasteiger partial charge in [0.1, 0.15) is 5.82 Å². The summed E-state index contributed by atoms with van der Waals surface area (Å²) in [7, 11) is 0. The van der Waals surface area contributed by atoms with Crippen molar-refractivity contribution in [3.8, 4) is 0 Å². The highest BCUT2D eigenvalue weighted by Gasteiger charge is 2.09. The predicted molar refractivity (Wildman–Crippen MR) is 77.8 cm³/mol. The van der Waals surface area contributed by atoms with Gasteiger partial charge in [0.2, 0.25) is 0 Å². The van der Waals surface area contributed by atoms with Gasteiger partial charge in [-0.1, -0.05) is 48.0 Å². The molecule has 19 heavy (non-hydrogen) atoms. The van der Waals surface area contributed by atoms with Crippen LogP contribution in [0.1, 0.15) is 29.7 Å². The molecule has 1 N–H and O–H groups in total. The lowest BCUT2D eigenvalue weighted by Gasteiger charge is -2.17. The molecule has 0 aliphatic carbocycles. The van der Waals surface area contributed by atoms with Crippen molar-refractivity contribution >= 4 is 11.6 Å². The van der Waals surface area contributed by atoms with Gasteiger partial charge in [0, 0.05) is 12.6 Å². The highest BCUT2D eigenvalue weighted by Crippen LogP contribution is 2.21. The van der Waals surface area contributed by atoms with Gasteiger partial charge in [-0.3, -0.25) is 0 Å². The highest BCUT2D eigenvalue weighted by atomic mass is 35.5. The predicted octanol–water partition coefficient (Wildman–Crippen LogP) is 4.64. The Morgan fingerprint density at radius 3 is 2.63 bits per heavy atom. The van der Waals surface area contributed by atoms with E-state index >= 15 is 0 Å². The molecule has 0 fully saturated rings. The van der Waals surface area contributed by atoms with Crippen molar-refractivity contribution < 1.29 is 4.39 Å². The van der Waals surface area contributed by atoms with E-state index in [0.29, 0.717) is 6.54 Å². The van der Waals surface area contributed by atoms with E-state index in [4.69, 9.17) is 11.6 Å². The first-order valence-corrected chi connectivity index (χ1v) is 6.69. The van der Waals surface area contributed by atoms with Crippen molar-refractivity contribution in [2.24, 2.45) is 0 Å². The second kappa shape index (κ2) is 6.18. The molecule has 0 aliphatic heterocycles. The van der Waals surface area contributed by atoms with Crippen molar-refractivity contribution in [2.75, 3.05) is 0 Å². The number of nitrogens with one attached hydrogen (secondary N) is 1. The Balaban J connectivity index is 2.07. The second-order valence-corrected chi connectivity index (χ2v) is 5.05. The summed E-state index contributed by atoms with van der Waals surface area (Å²) < 4.78 is 13.3. The lowest BCUT2D eigenvalue weighted by molar-refractivity contribution is 0.567. The molecule has 0 saturated heterocycles.